The normalized spacial score (nSPS) is 8.40. The van der Waals surface area contributed by atoms with Crippen molar-refractivity contribution in [3.8, 4) is 6.07 Å². The third-order valence-corrected chi connectivity index (χ3v) is 1.13. The molecule has 0 fully saturated rings. The molecule has 0 unspecified atom stereocenters. The highest BCUT2D eigenvalue weighted by Gasteiger charge is 2.08. The smallest absolute Gasteiger partial charge is 0.304 e. The zero-order valence-electron chi connectivity index (χ0n) is 5.83. The second-order valence-electron chi connectivity index (χ2n) is 1.75. The molecular weight excluding hydrogens is 132 g/mol. The van der Waals surface area contributed by atoms with E-state index in [1.54, 1.807) is 6.92 Å². The molecule has 0 aliphatic carbocycles. The lowest BCUT2D eigenvalue weighted by atomic mass is 10.4. The Morgan fingerprint density at radius 2 is 2.30 bits per heavy atom. The molecule has 0 aliphatic heterocycles. The predicted octanol–water partition coefficient (Wildman–Crippen LogP) is 0.772. The van der Waals surface area contributed by atoms with Crippen molar-refractivity contribution < 1.29 is 9.90 Å². The van der Waals surface area contributed by atoms with Gasteiger partial charge < -0.3 is 4.90 Å². The zero-order valence-corrected chi connectivity index (χ0v) is 5.83. The van der Waals surface area contributed by atoms with E-state index in [2.05, 4.69) is 0 Å². The van der Waals surface area contributed by atoms with Crippen molar-refractivity contribution in [2.24, 2.45) is 0 Å². The molecule has 1 amide bonds. The summed E-state index contributed by atoms with van der Waals surface area (Å²) in [6.45, 7) is 2.33. The minimum Gasteiger partial charge on any atom is -0.304 e. The Kier molecular flexibility index (Phi) is 4.05. The number of nitrogens with zero attached hydrogens (tertiary/aromatic N) is 2. The largest absolute Gasteiger partial charge is 0.453 e. The number of hydrogen-bond donors (Lipinski definition) is 0. The van der Waals surface area contributed by atoms with Gasteiger partial charge in [0.2, 0.25) is 0 Å². The highest BCUT2D eigenvalue weighted by atomic mass is 16.4. The summed E-state index contributed by atoms with van der Waals surface area (Å²) in [5.74, 6) is 0. The van der Waals surface area contributed by atoms with Crippen LogP contribution in [-0.2, 0) is 5.11 Å². The van der Waals surface area contributed by atoms with Crippen molar-refractivity contribution in [2.75, 3.05) is 13.1 Å². The third-order valence-electron chi connectivity index (χ3n) is 1.13. The first-order chi connectivity index (χ1) is 4.72. The van der Waals surface area contributed by atoms with E-state index in [1.807, 2.05) is 6.07 Å². The van der Waals surface area contributed by atoms with Gasteiger partial charge >= 0.3 is 6.09 Å². The topological polar surface area (TPSA) is 64.0 Å². The molecule has 0 bridgehead atoms. The summed E-state index contributed by atoms with van der Waals surface area (Å²) in [6, 6.07) is 1.85. The Morgan fingerprint density at radius 3 is 2.60 bits per heavy atom. The van der Waals surface area contributed by atoms with Gasteiger partial charge in [0.05, 0.1) is 12.5 Å². The number of rotatable bonds is 3. The van der Waals surface area contributed by atoms with Gasteiger partial charge in [-0.3, -0.25) is 0 Å². The lowest BCUT2D eigenvalue weighted by Crippen LogP contribution is -2.28. The summed E-state index contributed by atoms with van der Waals surface area (Å²) >= 11 is 0. The molecule has 0 saturated heterocycles. The van der Waals surface area contributed by atoms with Crippen LogP contribution in [0.1, 0.15) is 13.3 Å². The summed E-state index contributed by atoms with van der Waals surface area (Å²) in [4.78, 5) is 11.2. The van der Waals surface area contributed by atoms with E-state index in [0.29, 0.717) is 6.54 Å². The van der Waals surface area contributed by atoms with Crippen LogP contribution in [0, 0.1) is 11.3 Å². The van der Waals surface area contributed by atoms with E-state index < -0.39 is 6.09 Å². The molecule has 0 N–H and O–H groups in total. The molecule has 10 heavy (non-hydrogen) atoms. The SMILES string of the molecule is CCN(CCC#N)C([O])=O. The van der Waals surface area contributed by atoms with Gasteiger partial charge in [-0.1, -0.05) is 0 Å². The van der Waals surface area contributed by atoms with Gasteiger partial charge in [0, 0.05) is 13.1 Å². The fourth-order valence-electron chi connectivity index (χ4n) is 0.563. The van der Waals surface area contributed by atoms with Crippen molar-refractivity contribution in [1.29, 1.82) is 5.26 Å². The molecule has 0 spiro atoms. The van der Waals surface area contributed by atoms with Gasteiger partial charge in [-0.25, -0.2) is 9.90 Å². The van der Waals surface area contributed by atoms with Gasteiger partial charge in [0.25, 0.3) is 0 Å². The molecule has 1 radical (unpaired) electrons. The van der Waals surface area contributed by atoms with E-state index in [9.17, 15) is 9.90 Å². The Labute approximate surface area is 59.7 Å². The number of amides is 1. The molecule has 0 aliphatic rings. The third kappa shape index (κ3) is 2.92. The summed E-state index contributed by atoms with van der Waals surface area (Å²) in [7, 11) is 0. The first-order valence-corrected chi connectivity index (χ1v) is 3.05. The van der Waals surface area contributed by atoms with E-state index in [-0.39, 0.29) is 13.0 Å². The first kappa shape index (κ1) is 8.76. The van der Waals surface area contributed by atoms with Crippen LogP contribution < -0.4 is 0 Å². The molecule has 0 aromatic rings. The van der Waals surface area contributed by atoms with Crippen molar-refractivity contribution in [3.63, 3.8) is 0 Å². The lowest BCUT2D eigenvalue weighted by Gasteiger charge is -2.11. The van der Waals surface area contributed by atoms with Crippen molar-refractivity contribution in [2.45, 2.75) is 13.3 Å². The van der Waals surface area contributed by atoms with Crippen LogP contribution in [0.25, 0.3) is 0 Å². The van der Waals surface area contributed by atoms with E-state index in [4.69, 9.17) is 5.26 Å². The molecule has 0 rings (SSSR count). The van der Waals surface area contributed by atoms with E-state index >= 15 is 0 Å². The van der Waals surface area contributed by atoms with Crippen LogP contribution in [0.15, 0.2) is 0 Å². The highest BCUT2D eigenvalue weighted by Crippen LogP contribution is 1.90. The van der Waals surface area contributed by atoms with E-state index in [0.717, 1.165) is 4.90 Å². The summed E-state index contributed by atoms with van der Waals surface area (Å²) in [5.41, 5.74) is 0. The maximum atomic E-state index is 10.1. The van der Waals surface area contributed by atoms with Crippen molar-refractivity contribution in [1.82, 2.24) is 4.90 Å². The molecule has 0 aromatic carbocycles. The summed E-state index contributed by atoms with van der Waals surface area (Å²) in [6.07, 6.45) is -0.986. The van der Waals surface area contributed by atoms with Crippen LogP contribution in [0.5, 0.6) is 0 Å². The predicted molar refractivity (Wildman–Crippen MR) is 33.6 cm³/mol. The number of hydrogen-bond acceptors (Lipinski definition) is 2. The molecule has 0 heterocycles. The van der Waals surface area contributed by atoms with Crippen LogP contribution in [0.4, 0.5) is 4.79 Å². The van der Waals surface area contributed by atoms with Crippen LogP contribution in [0.3, 0.4) is 0 Å². The quantitative estimate of drug-likeness (QED) is 0.582. The van der Waals surface area contributed by atoms with E-state index in [1.165, 1.54) is 0 Å². The van der Waals surface area contributed by atoms with Gasteiger partial charge in [-0.05, 0) is 6.92 Å². The second-order valence-corrected chi connectivity index (χ2v) is 1.75. The van der Waals surface area contributed by atoms with Crippen molar-refractivity contribution in [3.05, 3.63) is 0 Å². The van der Waals surface area contributed by atoms with Gasteiger partial charge in [-0.15, -0.1) is 0 Å². The standard InChI is InChI=1S/C6H9N2O2/c1-2-8(6(9)10)5-3-4-7/h2-3,5H2,1H3. The Balaban J connectivity index is 3.63. The van der Waals surface area contributed by atoms with Gasteiger partial charge in [0.15, 0.2) is 0 Å². The van der Waals surface area contributed by atoms with Crippen LogP contribution >= 0.6 is 0 Å². The Bertz CT molecular complexity index is 150. The Hall–Kier alpha value is -1.24. The molecular formula is C6H9N2O2. The minimum atomic E-state index is -1.21. The molecule has 0 aromatic heterocycles. The number of carbonyl (C=O) groups excluding carboxylic acids is 1. The number of nitriles is 1. The molecule has 55 valence electrons. The minimum absolute atomic E-state index is 0.224. The number of carbonyl (C=O) groups is 1. The Morgan fingerprint density at radius 1 is 1.70 bits per heavy atom. The molecule has 4 heteroatoms. The maximum Gasteiger partial charge on any atom is 0.453 e. The maximum absolute atomic E-state index is 10.1. The van der Waals surface area contributed by atoms with Gasteiger partial charge in [-0.2, -0.15) is 5.26 Å². The van der Waals surface area contributed by atoms with Crippen LogP contribution in [-0.4, -0.2) is 24.1 Å². The monoisotopic (exact) mass is 141 g/mol. The van der Waals surface area contributed by atoms with Crippen LogP contribution in [0.2, 0.25) is 0 Å². The molecule has 0 atom stereocenters. The summed E-state index contributed by atoms with van der Waals surface area (Å²) < 4.78 is 0. The van der Waals surface area contributed by atoms with Gasteiger partial charge in [0.1, 0.15) is 0 Å². The fraction of sp³-hybridized carbons (Fsp3) is 0.667. The fourth-order valence-corrected chi connectivity index (χ4v) is 0.563. The first-order valence-electron chi connectivity index (χ1n) is 3.05. The van der Waals surface area contributed by atoms with Crippen molar-refractivity contribution >= 4 is 6.09 Å². The zero-order chi connectivity index (χ0) is 7.98. The summed E-state index contributed by atoms with van der Waals surface area (Å²) in [5, 5.41) is 18.2. The molecule has 0 saturated carbocycles. The lowest BCUT2D eigenvalue weighted by molar-refractivity contribution is 0.123. The average Bonchev–Trinajstić information content (AvgIpc) is 1.89. The average molecular weight is 141 g/mol. The highest BCUT2D eigenvalue weighted by molar-refractivity contribution is 5.64. The molecule has 4 nitrogen and oxygen atoms in total. The second kappa shape index (κ2) is 4.62.